The number of unbranched alkanes of at least 4 members (excludes halogenated alkanes) is 1. The van der Waals surface area contributed by atoms with Crippen molar-refractivity contribution in [3.05, 3.63) is 0 Å². The van der Waals surface area contributed by atoms with E-state index in [2.05, 4.69) is 48.5 Å². The van der Waals surface area contributed by atoms with E-state index in [9.17, 15) is 0 Å². The SMILES string of the molecule is CC(C)C.CCCCC(C)(C)C. The first kappa shape index (κ1) is 14.5. The van der Waals surface area contributed by atoms with Crippen molar-refractivity contribution >= 4 is 0 Å². The van der Waals surface area contributed by atoms with Crippen LogP contribution in [0, 0.1) is 11.3 Å². The molecule has 0 aromatic rings. The fraction of sp³-hybridized carbons (Fsp3) is 1.00. The maximum atomic E-state index is 2.29. The van der Waals surface area contributed by atoms with Crippen LogP contribution in [0.25, 0.3) is 0 Å². The Hall–Kier alpha value is 0. The summed E-state index contributed by atoms with van der Waals surface area (Å²) in [6.07, 6.45) is 4.07. The van der Waals surface area contributed by atoms with Gasteiger partial charge in [0.05, 0.1) is 0 Å². The largest absolute Gasteiger partial charge is 0.0654 e. The van der Waals surface area contributed by atoms with Crippen molar-refractivity contribution in [2.24, 2.45) is 11.3 Å². The van der Waals surface area contributed by atoms with E-state index in [1.165, 1.54) is 19.3 Å². The molecule has 0 atom stereocenters. The highest BCUT2D eigenvalue weighted by molar-refractivity contribution is 4.59. The first-order chi connectivity index (χ1) is 5.29. The Bertz CT molecular complexity index is 71.8. The van der Waals surface area contributed by atoms with Crippen LogP contribution < -0.4 is 0 Å². The van der Waals surface area contributed by atoms with Gasteiger partial charge >= 0.3 is 0 Å². The number of hydrogen-bond acceptors (Lipinski definition) is 0. The highest BCUT2D eigenvalue weighted by Crippen LogP contribution is 2.20. The Balaban J connectivity index is 0. The fourth-order valence-electron chi connectivity index (χ4n) is 0.707. The van der Waals surface area contributed by atoms with Crippen LogP contribution >= 0.6 is 0 Å². The number of hydrogen-bond donors (Lipinski definition) is 0. The van der Waals surface area contributed by atoms with Gasteiger partial charge in [0.15, 0.2) is 0 Å². The summed E-state index contributed by atoms with van der Waals surface area (Å²) in [7, 11) is 0. The van der Waals surface area contributed by atoms with Gasteiger partial charge in [0.1, 0.15) is 0 Å². The molecule has 0 aliphatic carbocycles. The summed E-state index contributed by atoms with van der Waals surface area (Å²) in [4.78, 5) is 0. The molecule has 0 bridgehead atoms. The lowest BCUT2D eigenvalue weighted by Crippen LogP contribution is -2.03. The average molecular weight is 172 g/mol. The van der Waals surface area contributed by atoms with Gasteiger partial charge in [-0.05, 0) is 17.8 Å². The zero-order valence-corrected chi connectivity index (χ0v) is 10.2. The first-order valence-electron chi connectivity index (χ1n) is 5.29. The molecule has 0 fully saturated rings. The molecule has 0 aromatic heterocycles. The lowest BCUT2D eigenvalue weighted by Gasteiger charge is -2.16. The molecule has 0 aromatic carbocycles. The van der Waals surface area contributed by atoms with Crippen molar-refractivity contribution in [3.63, 3.8) is 0 Å². The van der Waals surface area contributed by atoms with Crippen LogP contribution in [0.5, 0.6) is 0 Å². The third-order valence-electron chi connectivity index (χ3n) is 1.28. The lowest BCUT2D eigenvalue weighted by atomic mass is 9.90. The third kappa shape index (κ3) is 32.4. The van der Waals surface area contributed by atoms with Crippen molar-refractivity contribution in [2.75, 3.05) is 0 Å². The maximum absolute atomic E-state index is 2.29. The summed E-state index contributed by atoms with van der Waals surface area (Å²) >= 11 is 0. The standard InChI is InChI=1S/C8H18.C4H10/c1-5-6-7-8(2,3)4;1-4(2)3/h5-7H2,1-4H3;4H,1-3H3. The van der Waals surface area contributed by atoms with Crippen molar-refractivity contribution in [2.45, 2.75) is 67.7 Å². The molecule has 0 N–H and O–H groups in total. The predicted molar refractivity (Wildman–Crippen MR) is 59.5 cm³/mol. The second kappa shape index (κ2) is 7.64. The van der Waals surface area contributed by atoms with E-state index in [1.54, 1.807) is 0 Å². The van der Waals surface area contributed by atoms with Gasteiger partial charge < -0.3 is 0 Å². The topological polar surface area (TPSA) is 0 Å². The molecule has 0 aliphatic rings. The van der Waals surface area contributed by atoms with E-state index in [4.69, 9.17) is 0 Å². The van der Waals surface area contributed by atoms with Gasteiger partial charge in [-0.25, -0.2) is 0 Å². The van der Waals surface area contributed by atoms with Crippen molar-refractivity contribution in [1.29, 1.82) is 0 Å². The molecule has 0 heterocycles. The van der Waals surface area contributed by atoms with E-state index in [0.717, 1.165) is 5.92 Å². The fourth-order valence-corrected chi connectivity index (χ4v) is 0.707. The number of rotatable bonds is 2. The minimum atomic E-state index is 0.552. The summed E-state index contributed by atoms with van der Waals surface area (Å²) in [6, 6.07) is 0. The minimum Gasteiger partial charge on any atom is -0.0654 e. The molecule has 76 valence electrons. The summed E-state index contributed by atoms with van der Waals surface area (Å²) in [5, 5.41) is 0. The van der Waals surface area contributed by atoms with E-state index in [1.807, 2.05) is 0 Å². The Morgan fingerprint density at radius 2 is 1.33 bits per heavy atom. The smallest absolute Gasteiger partial charge is 0.0383 e. The maximum Gasteiger partial charge on any atom is -0.0383 e. The molecule has 0 heteroatoms. The Labute approximate surface area is 79.8 Å². The van der Waals surface area contributed by atoms with Gasteiger partial charge in [-0.1, -0.05) is 61.3 Å². The molecule has 0 radical (unpaired) electrons. The molecule has 0 nitrogen and oxygen atoms in total. The Kier molecular flexibility index (Phi) is 9.24. The average Bonchev–Trinajstić information content (AvgIpc) is 1.80. The molecule has 0 amide bonds. The van der Waals surface area contributed by atoms with Crippen LogP contribution in [-0.4, -0.2) is 0 Å². The monoisotopic (exact) mass is 172 g/mol. The van der Waals surface area contributed by atoms with Gasteiger partial charge in [-0.2, -0.15) is 0 Å². The van der Waals surface area contributed by atoms with Crippen molar-refractivity contribution in [3.8, 4) is 0 Å². The molecule has 0 rings (SSSR count). The minimum absolute atomic E-state index is 0.552. The van der Waals surface area contributed by atoms with E-state index < -0.39 is 0 Å². The van der Waals surface area contributed by atoms with Crippen molar-refractivity contribution < 1.29 is 0 Å². The van der Waals surface area contributed by atoms with Crippen LogP contribution in [0.1, 0.15) is 67.7 Å². The van der Waals surface area contributed by atoms with Crippen LogP contribution in [0.3, 0.4) is 0 Å². The molecular weight excluding hydrogens is 144 g/mol. The normalized spacial score (nSPS) is 11.0. The predicted octanol–water partition coefficient (Wildman–Crippen LogP) is 4.89. The zero-order chi connectivity index (χ0) is 10.2. The van der Waals surface area contributed by atoms with Crippen LogP contribution in [-0.2, 0) is 0 Å². The quantitative estimate of drug-likeness (QED) is 0.556. The van der Waals surface area contributed by atoms with Gasteiger partial charge in [0.2, 0.25) is 0 Å². The molecule has 0 saturated heterocycles. The Morgan fingerprint density at radius 3 is 1.42 bits per heavy atom. The summed E-state index contributed by atoms with van der Waals surface area (Å²) in [6.45, 7) is 15.6. The zero-order valence-electron chi connectivity index (χ0n) is 10.2. The summed E-state index contributed by atoms with van der Waals surface area (Å²) in [5.74, 6) is 0.833. The van der Waals surface area contributed by atoms with E-state index >= 15 is 0 Å². The summed E-state index contributed by atoms with van der Waals surface area (Å²) in [5.41, 5.74) is 0.552. The molecular formula is C12H28. The highest BCUT2D eigenvalue weighted by Gasteiger charge is 2.07. The highest BCUT2D eigenvalue weighted by atomic mass is 14.1. The van der Waals surface area contributed by atoms with Gasteiger partial charge in [0.25, 0.3) is 0 Å². The molecule has 0 saturated carbocycles. The Morgan fingerprint density at radius 1 is 1.00 bits per heavy atom. The second-order valence-electron chi connectivity index (χ2n) is 5.40. The summed E-state index contributed by atoms with van der Waals surface area (Å²) < 4.78 is 0. The molecule has 12 heavy (non-hydrogen) atoms. The van der Waals surface area contributed by atoms with Crippen LogP contribution in [0.4, 0.5) is 0 Å². The van der Waals surface area contributed by atoms with Gasteiger partial charge in [-0.3, -0.25) is 0 Å². The lowest BCUT2D eigenvalue weighted by molar-refractivity contribution is 0.363. The van der Waals surface area contributed by atoms with E-state index in [0.29, 0.717) is 5.41 Å². The van der Waals surface area contributed by atoms with Gasteiger partial charge in [-0.15, -0.1) is 0 Å². The van der Waals surface area contributed by atoms with Crippen LogP contribution in [0.15, 0.2) is 0 Å². The van der Waals surface area contributed by atoms with Crippen LogP contribution in [0.2, 0.25) is 0 Å². The second-order valence-corrected chi connectivity index (χ2v) is 5.40. The van der Waals surface area contributed by atoms with Gasteiger partial charge in [0, 0.05) is 0 Å². The van der Waals surface area contributed by atoms with Crippen molar-refractivity contribution in [1.82, 2.24) is 0 Å². The van der Waals surface area contributed by atoms with E-state index in [-0.39, 0.29) is 0 Å². The first-order valence-corrected chi connectivity index (χ1v) is 5.29. The third-order valence-corrected chi connectivity index (χ3v) is 1.28. The molecule has 0 unspecified atom stereocenters. The molecule has 0 aliphatic heterocycles. The molecule has 0 spiro atoms.